The molecule has 1 unspecified atom stereocenters. The summed E-state index contributed by atoms with van der Waals surface area (Å²) in [6.45, 7) is 2.43. The third-order valence-corrected chi connectivity index (χ3v) is 6.54. The number of halogens is 3. The third-order valence-electron chi connectivity index (χ3n) is 5.64. The number of carbonyl (C=O) groups excluding carboxylic acids is 2. The Morgan fingerprint density at radius 3 is 2.36 bits per heavy atom. The largest absolute Gasteiger partial charge is 0.482 e. The molecule has 0 spiro atoms. The van der Waals surface area contributed by atoms with Crippen molar-refractivity contribution in [1.82, 2.24) is 10.2 Å². The minimum absolute atomic E-state index is 0.148. The number of rotatable bonds is 12. The van der Waals surface area contributed by atoms with Crippen molar-refractivity contribution in [1.29, 1.82) is 0 Å². The molecule has 8 heteroatoms. The van der Waals surface area contributed by atoms with Gasteiger partial charge >= 0.3 is 0 Å². The number of hydrogen-bond acceptors (Lipinski definition) is 3. The maximum Gasteiger partial charge on any atom is 0.261 e. The van der Waals surface area contributed by atoms with E-state index in [1.807, 2.05) is 48.5 Å². The Balaban J connectivity index is 1.90. The van der Waals surface area contributed by atoms with E-state index < -0.39 is 6.04 Å². The van der Waals surface area contributed by atoms with Crippen molar-refractivity contribution >= 4 is 46.6 Å². The van der Waals surface area contributed by atoms with E-state index in [4.69, 9.17) is 39.5 Å². The lowest BCUT2D eigenvalue weighted by molar-refractivity contribution is -0.142. The number of nitrogens with one attached hydrogen (secondary N) is 1. The van der Waals surface area contributed by atoms with E-state index in [1.54, 1.807) is 24.3 Å². The van der Waals surface area contributed by atoms with Gasteiger partial charge < -0.3 is 15.0 Å². The van der Waals surface area contributed by atoms with Crippen LogP contribution in [0.3, 0.4) is 0 Å². The Bertz CT molecular complexity index is 1160. The van der Waals surface area contributed by atoms with Crippen LogP contribution in [-0.2, 0) is 22.6 Å². The highest BCUT2D eigenvalue weighted by Gasteiger charge is 2.31. The first kappa shape index (κ1) is 27.9. The lowest BCUT2D eigenvalue weighted by atomic mass is 10.0. The average Bonchev–Trinajstić information content (AvgIpc) is 2.87. The van der Waals surface area contributed by atoms with Crippen LogP contribution in [0, 0.1) is 0 Å². The Kier molecular flexibility index (Phi) is 10.9. The van der Waals surface area contributed by atoms with Gasteiger partial charge in [0.2, 0.25) is 5.91 Å². The zero-order valence-corrected chi connectivity index (χ0v) is 22.3. The highest BCUT2D eigenvalue weighted by Crippen LogP contribution is 2.28. The molecule has 0 radical (unpaired) electrons. The molecular formula is C28H29Cl3N2O3. The van der Waals surface area contributed by atoms with Gasteiger partial charge in [-0.1, -0.05) is 96.7 Å². The van der Waals surface area contributed by atoms with Gasteiger partial charge in [0, 0.05) is 29.6 Å². The second-order valence-electron chi connectivity index (χ2n) is 8.33. The molecule has 0 saturated carbocycles. The van der Waals surface area contributed by atoms with E-state index in [-0.39, 0.29) is 25.0 Å². The molecule has 0 bridgehead atoms. The lowest BCUT2D eigenvalue weighted by Crippen LogP contribution is -2.51. The van der Waals surface area contributed by atoms with Crippen molar-refractivity contribution in [2.45, 2.75) is 38.8 Å². The number of carbonyl (C=O) groups is 2. The highest BCUT2D eigenvalue weighted by molar-refractivity contribution is 6.35. The van der Waals surface area contributed by atoms with Crippen molar-refractivity contribution < 1.29 is 14.3 Å². The molecule has 1 atom stereocenters. The van der Waals surface area contributed by atoms with Crippen LogP contribution in [0.5, 0.6) is 5.75 Å². The van der Waals surface area contributed by atoms with Crippen LogP contribution in [0.1, 0.15) is 30.9 Å². The molecule has 0 fully saturated rings. The van der Waals surface area contributed by atoms with Gasteiger partial charge in [0.25, 0.3) is 5.91 Å². The minimum atomic E-state index is -0.766. The Morgan fingerprint density at radius 1 is 0.944 bits per heavy atom. The fourth-order valence-electron chi connectivity index (χ4n) is 3.68. The molecule has 0 saturated heterocycles. The van der Waals surface area contributed by atoms with E-state index in [2.05, 4.69) is 12.2 Å². The van der Waals surface area contributed by atoms with Gasteiger partial charge in [0.15, 0.2) is 6.61 Å². The smallest absolute Gasteiger partial charge is 0.261 e. The summed E-state index contributed by atoms with van der Waals surface area (Å²) in [5.74, 6) is -0.260. The summed E-state index contributed by atoms with van der Waals surface area (Å²) in [4.78, 5) is 28.5. The number of amides is 2. The molecule has 5 nitrogen and oxygen atoms in total. The van der Waals surface area contributed by atoms with Crippen molar-refractivity contribution in [2.24, 2.45) is 0 Å². The molecule has 0 aromatic heterocycles. The minimum Gasteiger partial charge on any atom is -0.482 e. The lowest BCUT2D eigenvalue weighted by Gasteiger charge is -2.31. The van der Waals surface area contributed by atoms with Gasteiger partial charge in [-0.25, -0.2) is 0 Å². The summed E-state index contributed by atoms with van der Waals surface area (Å²) in [5, 5.41) is 4.26. The van der Waals surface area contributed by atoms with Crippen molar-refractivity contribution in [2.75, 3.05) is 13.2 Å². The maximum absolute atomic E-state index is 13.6. The molecule has 0 heterocycles. The van der Waals surface area contributed by atoms with Crippen molar-refractivity contribution in [3.8, 4) is 5.75 Å². The molecule has 36 heavy (non-hydrogen) atoms. The van der Waals surface area contributed by atoms with Crippen LogP contribution in [-0.4, -0.2) is 35.9 Å². The van der Waals surface area contributed by atoms with Crippen LogP contribution >= 0.6 is 34.8 Å². The first-order chi connectivity index (χ1) is 17.4. The fourth-order valence-corrected chi connectivity index (χ4v) is 4.34. The van der Waals surface area contributed by atoms with E-state index in [1.165, 1.54) is 4.90 Å². The Morgan fingerprint density at radius 2 is 1.67 bits per heavy atom. The maximum atomic E-state index is 13.6. The van der Waals surface area contributed by atoms with Crippen molar-refractivity contribution in [3.05, 3.63) is 99.0 Å². The Hall–Kier alpha value is -2.73. The van der Waals surface area contributed by atoms with E-state index in [0.29, 0.717) is 33.8 Å². The average molecular weight is 548 g/mol. The molecule has 190 valence electrons. The molecule has 3 aromatic rings. The molecule has 1 N–H and O–H groups in total. The topological polar surface area (TPSA) is 58.6 Å². The van der Waals surface area contributed by atoms with Crippen molar-refractivity contribution in [3.63, 3.8) is 0 Å². The van der Waals surface area contributed by atoms with Crippen LogP contribution in [0.2, 0.25) is 15.1 Å². The molecule has 0 aliphatic carbocycles. The summed E-state index contributed by atoms with van der Waals surface area (Å²) in [6, 6.07) is 20.9. The normalized spacial score (nSPS) is 11.6. The number of ether oxygens (including phenoxy) is 1. The number of hydrogen-bond donors (Lipinski definition) is 1. The highest BCUT2D eigenvalue weighted by atomic mass is 35.5. The molecule has 3 rings (SSSR count). The van der Waals surface area contributed by atoms with E-state index >= 15 is 0 Å². The van der Waals surface area contributed by atoms with Gasteiger partial charge in [-0.05, 0) is 41.8 Å². The first-order valence-electron chi connectivity index (χ1n) is 11.8. The van der Waals surface area contributed by atoms with Gasteiger partial charge in [-0.15, -0.1) is 0 Å². The number of unbranched alkanes of at least 4 members (excludes halogenated alkanes) is 1. The summed E-state index contributed by atoms with van der Waals surface area (Å²) in [5.41, 5.74) is 1.67. The van der Waals surface area contributed by atoms with Gasteiger partial charge in [0.05, 0.1) is 5.02 Å². The van der Waals surface area contributed by atoms with E-state index in [9.17, 15) is 9.59 Å². The van der Waals surface area contributed by atoms with Gasteiger partial charge in [-0.2, -0.15) is 0 Å². The molecule has 0 aliphatic heterocycles. The predicted molar refractivity (Wildman–Crippen MR) is 146 cm³/mol. The quantitative estimate of drug-likeness (QED) is 0.261. The molecule has 0 aliphatic rings. The van der Waals surface area contributed by atoms with Crippen LogP contribution in [0.15, 0.2) is 72.8 Å². The molecule has 3 aromatic carbocycles. The summed E-state index contributed by atoms with van der Waals surface area (Å²) >= 11 is 18.6. The van der Waals surface area contributed by atoms with Gasteiger partial charge in [-0.3, -0.25) is 9.59 Å². The second-order valence-corrected chi connectivity index (χ2v) is 9.58. The number of benzene rings is 3. The predicted octanol–water partition coefficient (Wildman–Crippen LogP) is 6.58. The zero-order valence-electron chi connectivity index (χ0n) is 20.1. The molecular weight excluding hydrogens is 519 g/mol. The van der Waals surface area contributed by atoms with Gasteiger partial charge in [0.1, 0.15) is 11.8 Å². The standard InChI is InChI=1S/C28H29Cl3N2O3/c1-2-3-15-32-28(35)25(16-20-9-5-4-6-10-20)33(18-21-11-7-8-12-23(21)30)27(34)19-36-26-14-13-22(29)17-24(26)31/h4-14,17,25H,2-3,15-16,18-19H2,1H3,(H,32,35). The van der Waals surface area contributed by atoms with Crippen LogP contribution in [0.4, 0.5) is 0 Å². The first-order valence-corrected chi connectivity index (χ1v) is 12.9. The molecule has 2 amide bonds. The van der Waals surface area contributed by atoms with E-state index in [0.717, 1.165) is 24.0 Å². The fraction of sp³-hybridized carbons (Fsp3) is 0.286. The Labute approximate surface area is 227 Å². The zero-order chi connectivity index (χ0) is 25.9. The monoisotopic (exact) mass is 546 g/mol. The summed E-state index contributed by atoms with van der Waals surface area (Å²) < 4.78 is 5.73. The second kappa shape index (κ2) is 14.1. The number of nitrogens with zero attached hydrogens (tertiary/aromatic N) is 1. The third kappa shape index (κ3) is 8.16. The summed E-state index contributed by atoms with van der Waals surface area (Å²) in [7, 11) is 0. The SMILES string of the molecule is CCCCNC(=O)C(Cc1ccccc1)N(Cc1ccccc1Cl)C(=O)COc1ccc(Cl)cc1Cl. The van der Waals surface area contributed by atoms with Crippen LogP contribution in [0.25, 0.3) is 0 Å². The van der Waals surface area contributed by atoms with Crippen LogP contribution < -0.4 is 10.1 Å². The summed E-state index contributed by atoms with van der Waals surface area (Å²) in [6.07, 6.45) is 2.14.